The minimum atomic E-state index is -0.848. The highest BCUT2D eigenvalue weighted by atomic mass is 16.5. The lowest BCUT2D eigenvalue weighted by Gasteiger charge is -2.20. The molecule has 0 aromatic heterocycles. The Morgan fingerprint density at radius 2 is 0.553 bits per heavy atom. The summed E-state index contributed by atoms with van der Waals surface area (Å²) in [4.78, 5) is 24.7. The molecule has 2 atom stereocenters. The van der Waals surface area contributed by atoms with Crippen molar-refractivity contribution < 1.29 is 24.5 Å². The number of amides is 1. The number of unbranched alkanes of at least 4 members (excludes halogenated alkanes) is 61. The second-order valence-corrected chi connectivity index (χ2v) is 27.0. The third-order valence-corrected chi connectivity index (χ3v) is 18.5. The lowest BCUT2D eigenvalue weighted by atomic mass is 10.0. The number of allylic oxidation sites excluding steroid dienone is 3. The minimum absolute atomic E-state index is 0.0186. The summed E-state index contributed by atoms with van der Waals surface area (Å²) in [5.74, 6) is -0.0472. The van der Waals surface area contributed by atoms with Gasteiger partial charge in [0.2, 0.25) is 5.91 Å². The Hall–Kier alpha value is -1.66. The number of rotatable bonds is 74. The third-order valence-electron chi connectivity index (χ3n) is 18.5. The average Bonchev–Trinajstić information content (AvgIpc) is 3.51. The summed E-state index contributed by atoms with van der Waals surface area (Å²) in [6, 6.07) is -0.632. The zero-order valence-electron chi connectivity index (χ0n) is 57.9. The van der Waals surface area contributed by atoms with Crippen LogP contribution in [-0.2, 0) is 14.3 Å². The van der Waals surface area contributed by atoms with Crippen LogP contribution in [0.2, 0.25) is 0 Å². The van der Waals surface area contributed by atoms with E-state index in [1.807, 2.05) is 6.08 Å². The highest BCUT2D eigenvalue weighted by molar-refractivity contribution is 5.76. The highest BCUT2D eigenvalue weighted by Crippen LogP contribution is 2.20. The highest BCUT2D eigenvalue weighted by Gasteiger charge is 2.18. The van der Waals surface area contributed by atoms with Gasteiger partial charge in [0.05, 0.1) is 25.4 Å². The molecule has 2 unspecified atom stereocenters. The fourth-order valence-corrected chi connectivity index (χ4v) is 12.5. The van der Waals surface area contributed by atoms with Crippen molar-refractivity contribution in [2.45, 2.75) is 456 Å². The van der Waals surface area contributed by atoms with Crippen molar-refractivity contribution >= 4 is 11.9 Å². The maximum atomic E-state index is 12.6. The number of carbonyl (C=O) groups excluding carboxylic acids is 2. The fourth-order valence-electron chi connectivity index (χ4n) is 12.5. The first kappa shape index (κ1) is 83.3. The number of nitrogens with one attached hydrogen (secondary N) is 1. The standard InChI is InChI=1S/C79H153NO5/c1-3-5-7-9-11-13-15-17-19-21-23-24-25-27-30-33-36-39-43-47-51-55-59-63-67-71-77(82)76(75-81)80-78(83)72-68-64-60-56-52-48-44-40-37-34-31-28-26-29-32-35-38-42-46-50-54-58-62-66-70-74-85-79(84)73-69-65-61-57-53-49-45-41-22-20-18-16-14-12-10-8-6-4-2/h28,31,67,71,76-77,81-82H,3-27,29-30,32-66,68-70,72-75H2,1-2H3,(H,80,83)/b31-28-,71-67+. The van der Waals surface area contributed by atoms with E-state index < -0.39 is 12.1 Å². The van der Waals surface area contributed by atoms with Crippen LogP contribution in [0.1, 0.15) is 444 Å². The first-order chi connectivity index (χ1) is 42.0. The quantitative estimate of drug-likeness (QED) is 0.0320. The van der Waals surface area contributed by atoms with E-state index in [1.165, 1.54) is 379 Å². The van der Waals surface area contributed by atoms with Crippen LogP contribution in [0.15, 0.2) is 24.3 Å². The first-order valence-corrected chi connectivity index (χ1v) is 39.1. The van der Waals surface area contributed by atoms with Gasteiger partial charge in [-0.2, -0.15) is 0 Å². The monoisotopic (exact) mass is 1200 g/mol. The van der Waals surface area contributed by atoms with Crippen molar-refractivity contribution in [3.05, 3.63) is 24.3 Å². The topological polar surface area (TPSA) is 95.9 Å². The Balaban J connectivity index is 3.40. The van der Waals surface area contributed by atoms with Gasteiger partial charge in [0.1, 0.15) is 0 Å². The molecule has 0 aromatic carbocycles. The van der Waals surface area contributed by atoms with Crippen molar-refractivity contribution in [3.63, 3.8) is 0 Å². The van der Waals surface area contributed by atoms with Gasteiger partial charge in [-0.25, -0.2) is 0 Å². The molecule has 0 bridgehead atoms. The first-order valence-electron chi connectivity index (χ1n) is 39.1. The molecule has 3 N–H and O–H groups in total. The number of esters is 1. The van der Waals surface area contributed by atoms with Crippen molar-refractivity contribution in [2.75, 3.05) is 13.2 Å². The Bertz CT molecular complexity index is 1330. The Morgan fingerprint density at radius 3 is 0.835 bits per heavy atom. The predicted octanol–water partition coefficient (Wildman–Crippen LogP) is 25.7. The predicted molar refractivity (Wildman–Crippen MR) is 375 cm³/mol. The lowest BCUT2D eigenvalue weighted by molar-refractivity contribution is -0.143. The number of aliphatic hydroxyl groups excluding tert-OH is 2. The van der Waals surface area contributed by atoms with Gasteiger partial charge in [0.15, 0.2) is 0 Å². The van der Waals surface area contributed by atoms with E-state index >= 15 is 0 Å². The lowest BCUT2D eigenvalue weighted by Crippen LogP contribution is -2.45. The number of hydrogen-bond donors (Lipinski definition) is 3. The van der Waals surface area contributed by atoms with E-state index in [4.69, 9.17) is 4.74 Å². The van der Waals surface area contributed by atoms with Crippen LogP contribution in [0.25, 0.3) is 0 Å². The molecule has 85 heavy (non-hydrogen) atoms. The zero-order chi connectivity index (χ0) is 61.3. The molecule has 1 amide bonds. The second-order valence-electron chi connectivity index (χ2n) is 27.0. The molecule has 6 nitrogen and oxygen atoms in total. The summed E-state index contributed by atoms with van der Waals surface area (Å²) in [5.41, 5.74) is 0. The van der Waals surface area contributed by atoms with E-state index in [1.54, 1.807) is 6.08 Å². The number of carbonyl (C=O) groups is 2. The molecule has 0 radical (unpaired) electrons. The molecule has 0 saturated heterocycles. The fraction of sp³-hybridized carbons (Fsp3) is 0.924. The van der Waals surface area contributed by atoms with Crippen LogP contribution in [0.3, 0.4) is 0 Å². The van der Waals surface area contributed by atoms with Gasteiger partial charge in [-0.3, -0.25) is 9.59 Å². The molecule has 0 aliphatic carbocycles. The molecule has 6 heteroatoms. The molecular formula is C79H153NO5. The van der Waals surface area contributed by atoms with Gasteiger partial charge < -0.3 is 20.3 Å². The minimum Gasteiger partial charge on any atom is -0.466 e. The van der Waals surface area contributed by atoms with Gasteiger partial charge in [0, 0.05) is 12.8 Å². The molecule has 0 fully saturated rings. The Morgan fingerprint density at radius 1 is 0.318 bits per heavy atom. The van der Waals surface area contributed by atoms with Gasteiger partial charge in [-0.1, -0.05) is 398 Å². The maximum absolute atomic E-state index is 12.6. The van der Waals surface area contributed by atoms with E-state index in [0.29, 0.717) is 19.4 Å². The molecule has 0 aromatic rings. The summed E-state index contributed by atoms with van der Waals surface area (Å²) in [6.07, 6.45) is 95.7. The molecule has 0 spiro atoms. The maximum Gasteiger partial charge on any atom is 0.305 e. The molecule has 0 heterocycles. The number of aliphatic hydroxyl groups is 2. The molecule has 0 aliphatic heterocycles. The smallest absolute Gasteiger partial charge is 0.305 e. The van der Waals surface area contributed by atoms with Crippen LogP contribution in [-0.4, -0.2) is 47.4 Å². The molecule has 504 valence electrons. The number of ether oxygens (including phenoxy) is 1. The van der Waals surface area contributed by atoms with Crippen molar-refractivity contribution in [3.8, 4) is 0 Å². The van der Waals surface area contributed by atoms with Crippen molar-refractivity contribution in [1.82, 2.24) is 5.32 Å². The molecular weight excluding hydrogens is 1040 g/mol. The van der Waals surface area contributed by atoms with Crippen LogP contribution < -0.4 is 5.32 Å². The van der Waals surface area contributed by atoms with Gasteiger partial charge >= 0.3 is 5.97 Å². The average molecular weight is 1200 g/mol. The summed E-state index contributed by atoms with van der Waals surface area (Å²) < 4.78 is 5.51. The van der Waals surface area contributed by atoms with E-state index in [2.05, 4.69) is 31.3 Å². The van der Waals surface area contributed by atoms with Crippen LogP contribution in [0, 0.1) is 0 Å². The van der Waals surface area contributed by atoms with Crippen molar-refractivity contribution in [2.24, 2.45) is 0 Å². The van der Waals surface area contributed by atoms with Crippen LogP contribution >= 0.6 is 0 Å². The van der Waals surface area contributed by atoms with Gasteiger partial charge in [-0.05, 0) is 57.8 Å². The molecule has 0 aliphatic rings. The summed E-state index contributed by atoms with van der Waals surface area (Å²) in [7, 11) is 0. The summed E-state index contributed by atoms with van der Waals surface area (Å²) in [5, 5.41) is 23.3. The van der Waals surface area contributed by atoms with Crippen molar-refractivity contribution in [1.29, 1.82) is 0 Å². The zero-order valence-corrected chi connectivity index (χ0v) is 57.9. The molecule has 0 rings (SSSR count). The van der Waals surface area contributed by atoms with Crippen LogP contribution in [0.5, 0.6) is 0 Å². The van der Waals surface area contributed by atoms with Gasteiger partial charge in [-0.15, -0.1) is 0 Å². The van der Waals surface area contributed by atoms with E-state index in [9.17, 15) is 19.8 Å². The Kier molecular flexibility index (Phi) is 73.3. The van der Waals surface area contributed by atoms with Crippen LogP contribution in [0.4, 0.5) is 0 Å². The summed E-state index contributed by atoms with van der Waals surface area (Å²) >= 11 is 0. The Labute approximate surface area is 532 Å². The normalized spacial score (nSPS) is 12.6. The van der Waals surface area contributed by atoms with Gasteiger partial charge in [0.25, 0.3) is 0 Å². The SMILES string of the molecule is CCCCCCCCCCCCCCCCCCCCCCCCC/C=C/C(O)C(CO)NC(=O)CCCCCCCCCCC/C=C\CCCCCCCCCCCCCCOC(=O)CCCCCCCCCCCCCCCCCCCC. The second kappa shape index (κ2) is 74.8. The third kappa shape index (κ3) is 71.3. The molecule has 0 saturated carbocycles. The largest absolute Gasteiger partial charge is 0.466 e. The summed E-state index contributed by atoms with van der Waals surface area (Å²) in [6.45, 7) is 4.96. The van der Waals surface area contributed by atoms with E-state index in [-0.39, 0.29) is 18.5 Å². The number of hydrogen-bond acceptors (Lipinski definition) is 5. The van der Waals surface area contributed by atoms with E-state index in [0.717, 1.165) is 38.5 Å².